The fourth-order valence-electron chi connectivity index (χ4n) is 1.97. The van der Waals surface area contributed by atoms with E-state index in [2.05, 4.69) is 24.0 Å². The molecule has 1 aliphatic rings. The number of likely N-dealkylation sites (N-methyl/N-ethyl adjacent to an activating group) is 1. The average molecular weight is 222 g/mol. The normalized spacial score (nSPS) is 19.8. The minimum absolute atomic E-state index is 0.620. The highest BCUT2D eigenvalue weighted by Gasteiger charge is 2.25. The molecule has 0 saturated carbocycles. The van der Waals surface area contributed by atoms with Gasteiger partial charge in [0.1, 0.15) is 0 Å². The molecule has 0 aromatic carbocycles. The van der Waals surface area contributed by atoms with Gasteiger partial charge in [-0.1, -0.05) is 0 Å². The molecule has 0 spiro atoms. The van der Waals surface area contributed by atoms with Crippen LogP contribution in [0, 0.1) is 0 Å². The van der Waals surface area contributed by atoms with Crippen molar-refractivity contribution >= 4 is 17.2 Å². The molecular weight excluding hydrogens is 202 g/mol. The standard InChI is InChI=1S/C11H20N5/c1-16(2)5-3-15(4-6-16)11-10(13)7-9(12)8-14-11/h7-8H,3-6,12-13H2,1-2H3/q+1. The molecule has 0 bridgehead atoms. The molecule has 2 heterocycles. The van der Waals surface area contributed by atoms with Crippen LogP contribution < -0.4 is 16.4 Å². The summed E-state index contributed by atoms with van der Waals surface area (Å²) >= 11 is 0. The molecule has 4 N–H and O–H groups in total. The number of nitrogen functional groups attached to an aromatic ring is 2. The van der Waals surface area contributed by atoms with E-state index in [0.717, 1.165) is 36.5 Å². The summed E-state index contributed by atoms with van der Waals surface area (Å²) in [5, 5.41) is 0. The summed E-state index contributed by atoms with van der Waals surface area (Å²) in [6, 6.07) is 1.77. The van der Waals surface area contributed by atoms with E-state index in [1.54, 1.807) is 12.3 Å². The van der Waals surface area contributed by atoms with Gasteiger partial charge in [0.15, 0.2) is 5.82 Å². The molecule has 0 radical (unpaired) electrons. The first-order chi connectivity index (χ1) is 7.48. The molecular formula is C11H20N5+. The van der Waals surface area contributed by atoms with Gasteiger partial charge in [0.25, 0.3) is 0 Å². The Morgan fingerprint density at radius 3 is 2.44 bits per heavy atom. The lowest BCUT2D eigenvalue weighted by Crippen LogP contribution is -2.55. The predicted octanol–water partition coefficient (Wildman–Crippen LogP) is 0.142. The Hall–Kier alpha value is -1.49. The third-order valence-corrected chi connectivity index (χ3v) is 3.17. The molecule has 16 heavy (non-hydrogen) atoms. The van der Waals surface area contributed by atoms with Crippen LogP contribution in [0.15, 0.2) is 12.3 Å². The maximum absolute atomic E-state index is 5.93. The van der Waals surface area contributed by atoms with Gasteiger partial charge in [0, 0.05) is 0 Å². The molecule has 1 aliphatic heterocycles. The van der Waals surface area contributed by atoms with Crippen LogP contribution in [-0.4, -0.2) is 49.7 Å². The van der Waals surface area contributed by atoms with Crippen molar-refractivity contribution in [3.05, 3.63) is 12.3 Å². The quantitative estimate of drug-likeness (QED) is 0.663. The zero-order valence-corrected chi connectivity index (χ0v) is 9.98. The number of nitrogens with zero attached hydrogens (tertiary/aromatic N) is 3. The lowest BCUT2D eigenvalue weighted by atomic mass is 10.2. The van der Waals surface area contributed by atoms with Crippen LogP contribution in [0.25, 0.3) is 0 Å². The van der Waals surface area contributed by atoms with Crippen LogP contribution >= 0.6 is 0 Å². The number of rotatable bonds is 1. The van der Waals surface area contributed by atoms with Crippen molar-refractivity contribution in [1.82, 2.24) is 4.98 Å². The first kappa shape index (κ1) is 11.0. The van der Waals surface area contributed by atoms with E-state index in [1.165, 1.54) is 0 Å². The second-order valence-corrected chi connectivity index (χ2v) is 5.05. The zero-order chi connectivity index (χ0) is 11.8. The molecule has 1 saturated heterocycles. The Labute approximate surface area is 96.2 Å². The van der Waals surface area contributed by atoms with E-state index >= 15 is 0 Å². The maximum Gasteiger partial charge on any atom is 0.152 e. The Bertz CT molecular complexity index is 378. The molecule has 5 heteroatoms. The van der Waals surface area contributed by atoms with E-state index in [4.69, 9.17) is 11.5 Å². The smallest absolute Gasteiger partial charge is 0.152 e. The fraction of sp³-hybridized carbons (Fsp3) is 0.545. The van der Waals surface area contributed by atoms with Crippen molar-refractivity contribution in [2.24, 2.45) is 0 Å². The average Bonchev–Trinajstić information content (AvgIpc) is 2.19. The molecule has 1 aromatic heterocycles. The lowest BCUT2D eigenvalue weighted by molar-refractivity contribution is -0.890. The fourth-order valence-corrected chi connectivity index (χ4v) is 1.97. The van der Waals surface area contributed by atoms with Gasteiger partial charge in [-0.2, -0.15) is 0 Å². The Morgan fingerprint density at radius 2 is 1.88 bits per heavy atom. The van der Waals surface area contributed by atoms with Crippen LogP contribution in [0.1, 0.15) is 0 Å². The monoisotopic (exact) mass is 222 g/mol. The van der Waals surface area contributed by atoms with Gasteiger partial charge in [-0.25, -0.2) is 4.98 Å². The summed E-state index contributed by atoms with van der Waals surface area (Å²) in [5.41, 5.74) is 12.9. The minimum atomic E-state index is 0.620. The minimum Gasteiger partial charge on any atom is -0.397 e. The first-order valence-corrected chi connectivity index (χ1v) is 5.56. The second-order valence-electron chi connectivity index (χ2n) is 5.05. The summed E-state index contributed by atoms with van der Waals surface area (Å²) < 4.78 is 1.06. The topological polar surface area (TPSA) is 68.2 Å². The van der Waals surface area contributed by atoms with Gasteiger partial charge in [-0.3, -0.25) is 0 Å². The van der Waals surface area contributed by atoms with Crippen molar-refractivity contribution in [2.75, 3.05) is 56.6 Å². The first-order valence-electron chi connectivity index (χ1n) is 5.56. The van der Waals surface area contributed by atoms with Gasteiger partial charge in [0.05, 0.1) is 57.8 Å². The molecule has 0 unspecified atom stereocenters. The predicted molar refractivity (Wildman–Crippen MR) is 67.1 cm³/mol. The Kier molecular flexibility index (Phi) is 2.63. The van der Waals surface area contributed by atoms with Crippen LogP contribution in [0.2, 0.25) is 0 Å². The van der Waals surface area contributed by atoms with Crippen molar-refractivity contribution < 1.29 is 4.48 Å². The van der Waals surface area contributed by atoms with E-state index < -0.39 is 0 Å². The third kappa shape index (κ3) is 2.19. The van der Waals surface area contributed by atoms with E-state index in [-0.39, 0.29) is 0 Å². The number of anilines is 3. The van der Waals surface area contributed by atoms with E-state index in [0.29, 0.717) is 11.4 Å². The lowest BCUT2D eigenvalue weighted by Gasteiger charge is -2.39. The van der Waals surface area contributed by atoms with Gasteiger partial charge >= 0.3 is 0 Å². The van der Waals surface area contributed by atoms with Crippen molar-refractivity contribution in [3.63, 3.8) is 0 Å². The number of quaternary nitrogens is 1. The summed E-state index contributed by atoms with van der Waals surface area (Å²) in [4.78, 5) is 6.55. The largest absolute Gasteiger partial charge is 0.397 e. The number of piperazine rings is 1. The van der Waals surface area contributed by atoms with E-state index in [9.17, 15) is 0 Å². The van der Waals surface area contributed by atoms with Crippen LogP contribution in [0.3, 0.4) is 0 Å². The summed E-state index contributed by atoms with van der Waals surface area (Å²) in [7, 11) is 4.49. The number of aromatic nitrogens is 1. The van der Waals surface area contributed by atoms with Gasteiger partial charge in [-0.05, 0) is 6.07 Å². The maximum atomic E-state index is 5.93. The molecule has 2 rings (SSSR count). The van der Waals surface area contributed by atoms with Crippen molar-refractivity contribution in [2.45, 2.75) is 0 Å². The number of hydrogen-bond acceptors (Lipinski definition) is 4. The third-order valence-electron chi connectivity index (χ3n) is 3.17. The molecule has 0 aliphatic carbocycles. The van der Waals surface area contributed by atoms with Crippen LogP contribution in [0.5, 0.6) is 0 Å². The highest BCUT2D eigenvalue weighted by Crippen LogP contribution is 2.23. The Balaban J connectivity index is 2.14. The number of nitrogens with two attached hydrogens (primary N) is 2. The van der Waals surface area contributed by atoms with Crippen molar-refractivity contribution in [3.8, 4) is 0 Å². The SMILES string of the molecule is C[N+]1(C)CCN(c2ncc(N)cc2N)CC1. The van der Waals surface area contributed by atoms with Crippen LogP contribution in [-0.2, 0) is 0 Å². The molecule has 0 amide bonds. The van der Waals surface area contributed by atoms with Gasteiger partial charge < -0.3 is 20.9 Å². The summed E-state index contributed by atoms with van der Waals surface area (Å²) in [6.07, 6.45) is 1.67. The van der Waals surface area contributed by atoms with E-state index in [1.807, 2.05) is 0 Å². The summed E-state index contributed by atoms with van der Waals surface area (Å²) in [5.74, 6) is 0.869. The molecule has 5 nitrogen and oxygen atoms in total. The molecule has 0 atom stereocenters. The molecule has 1 fully saturated rings. The van der Waals surface area contributed by atoms with Gasteiger partial charge in [-0.15, -0.1) is 0 Å². The number of pyridine rings is 1. The zero-order valence-electron chi connectivity index (χ0n) is 9.98. The Morgan fingerprint density at radius 1 is 1.25 bits per heavy atom. The highest BCUT2D eigenvalue weighted by molar-refractivity contribution is 5.66. The second kappa shape index (κ2) is 3.83. The molecule has 88 valence electrons. The number of hydrogen-bond donors (Lipinski definition) is 2. The molecule has 1 aromatic rings. The van der Waals surface area contributed by atoms with Crippen molar-refractivity contribution in [1.29, 1.82) is 0 Å². The highest BCUT2D eigenvalue weighted by atomic mass is 15.4. The van der Waals surface area contributed by atoms with Gasteiger partial charge in [0.2, 0.25) is 0 Å². The summed E-state index contributed by atoms with van der Waals surface area (Å²) in [6.45, 7) is 4.22. The van der Waals surface area contributed by atoms with Crippen LogP contribution in [0.4, 0.5) is 17.2 Å².